The van der Waals surface area contributed by atoms with Gasteiger partial charge in [-0.05, 0) is 18.6 Å². The van der Waals surface area contributed by atoms with Gasteiger partial charge in [0, 0.05) is 12.6 Å². The number of halogens is 2. The van der Waals surface area contributed by atoms with Crippen molar-refractivity contribution < 1.29 is 13.5 Å². The van der Waals surface area contributed by atoms with Gasteiger partial charge in [0.1, 0.15) is 11.6 Å². The Labute approximate surface area is 109 Å². The summed E-state index contributed by atoms with van der Waals surface area (Å²) in [7, 11) is 0. The van der Waals surface area contributed by atoms with Crippen LogP contribution in [-0.2, 0) is 0 Å². The lowest BCUT2D eigenvalue weighted by molar-refractivity contribution is 0.422. The Bertz CT molecular complexity index is 563. The van der Waals surface area contributed by atoms with Gasteiger partial charge >= 0.3 is 0 Å². The Kier molecular flexibility index (Phi) is 4.22. The fourth-order valence-electron chi connectivity index (χ4n) is 1.41. The number of hydrogen-bond donors (Lipinski definition) is 1. The fourth-order valence-corrected chi connectivity index (χ4v) is 1.41. The van der Waals surface area contributed by atoms with Gasteiger partial charge < -0.3 is 10.1 Å². The van der Waals surface area contributed by atoms with Crippen LogP contribution in [0, 0.1) is 11.6 Å². The van der Waals surface area contributed by atoms with E-state index in [9.17, 15) is 8.78 Å². The summed E-state index contributed by atoms with van der Waals surface area (Å²) in [6.45, 7) is 2.78. The number of aromatic nitrogens is 2. The minimum atomic E-state index is -0.784. The first-order valence-corrected chi connectivity index (χ1v) is 5.88. The largest absolute Gasteiger partial charge is 0.434 e. The summed E-state index contributed by atoms with van der Waals surface area (Å²) in [5.74, 6) is -0.847. The van der Waals surface area contributed by atoms with Crippen LogP contribution >= 0.6 is 0 Å². The quantitative estimate of drug-likeness (QED) is 0.900. The molecule has 0 saturated carbocycles. The fraction of sp³-hybridized carbons (Fsp3) is 0.231. The molecule has 2 aromatic rings. The predicted molar refractivity (Wildman–Crippen MR) is 67.2 cm³/mol. The highest BCUT2D eigenvalue weighted by Gasteiger charge is 2.07. The van der Waals surface area contributed by atoms with Gasteiger partial charge in [-0.2, -0.15) is 4.98 Å². The Balaban J connectivity index is 2.14. The van der Waals surface area contributed by atoms with Crippen LogP contribution in [0.15, 0.2) is 30.6 Å². The van der Waals surface area contributed by atoms with E-state index in [4.69, 9.17) is 4.74 Å². The maximum Gasteiger partial charge on any atom is 0.239 e. The van der Waals surface area contributed by atoms with Gasteiger partial charge in [-0.3, -0.25) is 4.98 Å². The summed E-state index contributed by atoms with van der Waals surface area (Å²) < 4.78 is 31.4. The lowest BCUT2D eigenvalue weighted by Crippen LogP contribution is -2.03. The summed E-state index contributed by atoms with van der Waals surface area (Å²) in [6.07, 6.45) is 3.85. The summed E-state index contributed by atoms with van der Waals surface area (Å²) in [5, 5.41) is 3.04. The molecule has 0 amide bonds. The molecule has 0 radical (unpaired) electrons. The molecule has 19 heavy (non-hydrogen) atoms. The van der Waals surface area contributed by atoms with Crippen molar-refractivity contribution in [1.82, 2.24) is 9.97 Å². The van der Waals surface area contributed by atoms with E-state index < -0.39 is 11.6 Å². The van der Waals surface area contributed by atoms with Crippen LogP contribution in [-0.4, -0.2) is 16.5 Å². The summed E-state index contributed by atoms with van der Waals surface area (Å²) in [5.41, 5.74) is 0. The molecule has 2 rings (SSSR count). The number of rotatable bonds is 5. The van der Waals surface area contributed by atoms with Crippen molar-refractivity contribution in [3.05, 3.63) is 42.2 Å². The van der Waals surface area contributed by atoms with Crippen LogP contribution in [0.4, 0.5) is 14.6 Å². The maximum atomic E-state index is 13.4. The first kappa shape index (κ1) is 13.2. The molecule has 0 unspecified atom stereocenters. The highest BCUT2D eigenvalue weighted by atomic mass is 19.1. The Morgan fingerprint density at radius 1 is 1.26 bits per heavy atom. The predicted octanol–water partition coefficient (Wildman–Crippen LogP) is 3.37. The highest BCUT2D eigenvalue weighted by molar-refractivity contribution is 5.35. The van der Waals surface area contributed by atoms with Crippen LogP contribution < -0.4 is 10.1 Å². The molecular formula is C13H13F2N3O. The second-order valence-corrected chi connectivity index (χ2v) is 3.85. The normalized spacial score (nSPS) is 10.3. The van der Waals surface area contributed by atoms with Gasteiger partial charge in [0.15, 0.2) is 11.6 Å². The van der Waals surface area contributed by atoms with E-state index in [1.807, 2.05) is 6.92 Å². The van der Waals surface area contributed by atoms with Crippen molar-refractivity contribution in [3.63, 3.8) is 0 Å². The van der Waals surface area contributed by atoms with Crippen LogP contribution in [0.1, 0.15) is 13.3 Å². The number of hydrogen-bond acceptors (Lipinski definition) is 4. The lowest BCUT2D eigenvalue weighted by Gasteiger charge is -2.07. The average molecular weight is 265 g/mol. The van der Waals surface area contributed by atoms with Gasteiger partial charge in [0.25, 0.3) is 0 Å². The first-order chi connectivity index (χ1) is 9.19. The third kappa shape index (κ3) is 3.61. The Morgan fingerprint density at radius 2 is 2.11 bits per heavy atom. The minimum Gasteiger partial charge on any atom is -0.434 e. The second kappa shape index (κ2) is 6.08. The smallest absolute Gasteiger partial charge is 0.239 e. The van der Waals surface area contributed by atoms with Crippen molar-refractivity contribution >= 4 is 5.82 Å². The lowest BCUT2D eigenvalue weighted by atomic mass is 10.3. The molecule has 1 heterocycles. The first-order valence-electron chi connectivity index (χ1n) is 5.88. The van der Waals surface area contributed by atoms with Gasteiger partial charge in [-0.25, -0.2) is 8.78 Å². The Morgan fingerprint density at radius 3 is 2.84 bits per heavy atom. The van der Waals surface area contributed by atoms with Crippen molar-refractivity contribution in [3.8, 4) is 11.6 Å². The van der Waals surface area contributed by atoms with E-state index in [-0.39, 0.29) is 11.6 Å². The molecule has 100 valence electrons. The molecule has 0 aliphatic rings. The molecule has 0 aliphatic carbocycles. The summed E-state index contributed by atoms with van der Waals surface area (Å²) in [4.78, 5) is 8.05. The summed E-state index contributed by atoms with van der Waals surface area (Å²) >= 11 is 0. The monoisotopic (exact) mass is 265 g/mol. The van der Waals surface area contributed by atoms with Gasteiger partial charge in [-0.1, -0.05) is 6.92 Å². The zero-order chi connectivity index (χ0) is 13.7. The topological polar surface area (TPSA) is 47.0 Å². The molecule has 0 saturated heterocycles. The third-order valence-corrected chi connectivity index (χ3v) is 2.28. The zero-order valence-corrected chi connectivity index (χ0v) is 10.4. The SMILES string of the molecule is CCCNc1cncc(Oc2ccc(F)cc2F)n1. The molecule has 6 heteroatoms. The highest BCUT2D eigenvalue weighted by Crippen LogP contribution is 2.23. The molecule has 0 spiro atoms. The van der Waals surface area contributed by atoms with Crippen molar-refractivity contribution in [2.45, 2.75) is 13.3 Å². The van der Waals surface area contributed by atoms with E-state index in [1.165, 1.54) is 12.3 Å². The maximum absolute atomic E-state index is 13.4. The number of ether oxygens (including phenoxy) is 1. The molecule has 0 atom stereocenters. The second-order valence-electron chi connectivity index (χ2n) is 3.85. The molecule has 1 aromatic heterocycles. The van der Waals surface area contributed by atoms with E-state index in [0.29, 0.717) is 5.82 Å². The van der Waals surface area contributed by atoms with Gasteiger partial charge in [0.2, 0.25) is 5.88 Å². The van der Waals surface area contributed by atoms with Crippen molar-refractivity contribution in [1.29, 1.82) is 0 Å². The molecule has 1 N–H and O–H groups in total. The number of nitrogens with one attached hydrogen (secondary N) is 1. The third-order valence-electron chi connectivity index (χ3n) is 2.28. The Hall–Kier alpha value is -2.24. The van der Waals surface area contributed by atoms with Crippen molar-refractivity contribution in [2.75, 3.05) is 11.9 Å². The molecule has 4 nitrogen and oxygen atoms in total. The standard InChI is InChI=1S/C13H13F2N3O/c1-2-5-17-12-7-16-8-13(18-12)19-11-4-3-9(14)6-10(11)15/h3-4,6-8H,2,5H2,1H3,(H,17,18). The average Bonchev–Trinajstić information content (AvgIpc) is 2.40. The van der Waals surface area contributed by atoms with E-state index in [2.05, 4.69) is 15.3 Å². The zero-order valence-electron chi connectivity index (χ0n) is 10.4. The molecule has 0 aliphatic heterocycles. The molecule has 1 aromatic carbocycles. The van der Waals surface area contributed by atoms with Crippen LogP contribution in [0.5, 0.6) is 11.6 Å². The summed E-state index contributed by atoms with van der Waals surface area (Å²) in [6, 6.07) is 3.07. The molecular weight excluding hydrogens is 252 g/mol. The van der Waals surface area contributed by atoms with Crippen LogP contribution in [0.2, 0.25) is 0 Å². The number of anilines is 1. The number of benzene rings is 1. The van der Waals surface area contributed by atoms with Gasteiger partial charge in [0.05, 0.1) is 12.4 Å². The minimum absolute atomic E-state index is 0.0941. The van der Waals surface area contributed by atoms with Crippen LogP contribution in [0.25, 0.3) is 0 Å². The van der Waals surface area contributed by atoms with E-state index in [0.717, 1.165) is 25.1 Å². The van der Waals surface area contributed by atoms with Crippen molar-refractivity contribution in [2.24, 2.45) is 0 Å². The number of nitrogens with zero attached hydrogens (tertiary/aromatic N) is 2. The van der Waals surface area contributed by atoms with E-state index >= 15 is 0 Å². The van der Waals surface area contributed by atoms with E-state index in [1.54, 1.807) is 6.20 Å². The molecule has 0 fully saturated rings. The van der Waals surface area contributed by atoms with Crippen LogP contribution in [0.3, 0.4) is 0 Å². The van der Waals surface area contributed by atoms with Gasteiger partial charge in [-0.15, -0.1) is 0 Å². The molecule has 0 bridgehead atoms.